The predicted octanol–water partition coefficient (Wildman–Crippen LogP) is 3.18. The van der Waals surface area contributed by atoms with E-state index in [2.05, 4.69) is 5.32 Å². The number of hydrogen-bond donors (Lipinski definition) is 1. The molecule has 2 atom stereocenters. The van der Waals surface area contributed by atoms with Crippen molar-refractivity contribution in [3.63, 3.8) is 0 Å². The SMILES string of the molecule is Cc1ccc(F)c(NC(=O)c2ccc(S(=O)(=O)N3C[C@@H](C)O[C@H](C)C3)cc2)c1. The maximum Gasteiger partial charge on any atom is 0.255 e. The molecule has 1 fully saturated rings. The molecule has 1 heterocycles. The molecule has 0 radical (unpaired) electrons. The normalized spacial score (nSPS) is 20.7. The number of ether oxygens (including phenoxy) is 1. The average Bonchev–Trinajstić information content (AvgIpc) is 2.64. The molecule has 1 amide bonds. The van der Waals surface area contributed by atoms with Gasteiger partial charge in [0.1, 0.15) is 5.82 Å². The van der Waals surface area contributed by atoms with Crippen LogP contribution in [0, 0.1) is 12.7 Å². The maximum absolute atomic E-state index is 13.8. The number of sulfonamides is 1. The summed E-state index contributed by atoms with van der Waals surface area (Å²) in [4.78, 5) is 12.5. The summed E-state index contributed by atoms with van der Waals surface area (Å²) in [6.45, 7) is 6.01. The molecular weight excluding hydrogens is 383 g/mol. The number of amides is 1. The van der Waals surface area contributed by atoms with Gasteiger partial charge in [0.05, 0.1) is 22.8 Å². The Morgan fingerprint density at radius 3 is 2.32 bits per heavy atom. The summed E-state index contributed by atoms with van der Waals surface area (Å²) < 4.78 is 46.5. The molecule has 0 spiro atoms. The molecule has 1 saturated heterocycles. The van der Waals surface area contributed by atoms with Gasteiger partial charge in [0.15, 0.2) is 0 Å². The second-order valence-electron chi connectivity index (χ2n) is 7.04. The van der Waals surface area contributed by atoms with Crippen LogP contribution >= 0.6 is 0 Å². The molecule has 0 saturated carbocycles. The highest BCUT2D eigenvalue weighted by atomic mass is 32.2. The predicted molar refractivity (Wildman–Crippen MR) is 104 cm³/mol. The molecule has 0 bridgehead atoms. The Bertz CT molecular complexity index is 966. The van der Waals surface area contributed by atoms with Crippen molar-refractivity contribution in [2.24, 2.45) is 0 Å². The molecule has 2 aromatic rings. The number of morpholine rings is 1. The lowest BCUT2D eigenvalue weighted by Crippen LogP contribution is -2.48. The zero-order valence-electron chi connectivity index (χ0n) is 16.0. The van der Waals surface area contributed by atoms with Crippen LogP contribution in [0.4, 0.5) is 10.1 Å². The highest BCUT2D eigenvalue weighted by Gasteiger charge is 2.32. The Labute approximate surface area is 164 Å². The van der Waals surface area contributed by atoms with E-state index in [1.54, 1.807) is 13.0 Å². The van der Waals surface area contributed by atoms with Crippen molar-refractivity contribution in [1.29, 1.82) is 0 Å². The first kappa shape index (κ1) is 20.4. The molecule has 0 aliphatic carbocycles. The van der Waals surface area contributed by atoms with Crippen molar-refractivity contribution in [1.82, 2.24) is 4.31 Å². The van der Waals surface area contributed by atoms with Gasteiger partial charge in [-0.05, 0) is 62.7 Å². The lowest BCUT2D eigenvalue weighted by Gasteiger charge is -2.34. The van der Waals surface area contributed by atoms with Crippen LogP contribution in [0.25, 0.3) is 0 Å². The van der Waals surface area contributed by atoms with E-state index in [9.17, 15) is 17.6 Å². The van der Waals surface area contributed by atoms with Gasteiger partial charge in [0.25, 0.3) is 5.91 Å². The van der Waals surface area contributed by atoms with E-state index in [1.165, 1.54) is 40.7 Å². The van der Waals surface area contributed by atoms with Gasteiger partial charge >= 0.3 is 0 Å². The minimum absolute atomic E-state index is 0.0815. The molecular formula is C20H23FN2O4S. The third kappa shape index (κ3) is 4.40. The van der Waals surface area contributed by atoms with Crippen LogP contribution < -0.4 is 5.32 Å². The van der Waals surface area contributed by atoms with Gasteiger partial charge in [0, 0.05) is 18.7 Å². The van der Waals surface area contributed by atoms with E-state index in [1.807, 2.05) is 13.8 Å². The lowest BCUT2D eigenvalue weighted by atomic mass is 10.2. The van der Waals surface area contributed by atoms with Gasteiger partial charge in [-0.3, -0.25) is 4.79 Å². The fourth-order valence-electron chi connectivity index (χ4n) is 3.18. The third-order valence-electron chi connectivity index (χ3n) is 4.51. The summed E-state index contributed by atoms with van der Waals surface area (Å²) in [5.74, 6) is -1.05. The van der Waals surface area contributed by atoms with Gasteiger partial charge in [-0.15, -0.1) is 0 Å². The standard InChI is InChI=1S/C20H23FN2O4S/c1-13-4-9-18(21)19(10-13)22-20(24)16-5-7-17(8-6-16)28(25,26)23-11-14(2)27-15(3)12-23/h4-10,14-15H,11-12H2,1-3H3,(H,22,24)/t14-,15-/m1/s1. The van der Waals surface area contributed by atoms with Crippen LogP contribution in [0.5, 0.6) is 0 Å². The largest absolute Gasteiger partial charge is 0.373 e. The lowest BCUT2D eigenvalue weighted by molar-refractivity contribution is -0.0440. The fourth-order valence-corrected chi connectivity index (χ4v) is 4.77. The van der Waals surface area contributed by atoms with Crippen LogP contribution in [0.3, 0.4) is 0 Å². The van der Waals surface area contributed by atoms with Crippen LogP contribution in [0.2, 0.25) is 0 Å². The number of carbonyl (C=O) groups excluding carboxylic acids is 1. The first-order chi connectivity index (χ1) is 13.2. The molecule has 28 heavy (non-hydrogen) atoms. The van der Waals surface area contributed by atoms with E-state index in [0.717, 1.165) is 5.56 Å². The Kier molecular flexibility index (Phi) is 5.83. The number of nitrogens with zero attached hydrogens (tertiary/aromatic N) is 1. The monoisotopic (exact) mass is 406 g/mol. The van der Waals surface area contributed by atoms with E-state index >= 15 is 0 Å². The van der Waals surface area contributed by atoms with E-state index in [-0.39, 0.29) is 41.4 Å². The summed E-state index contributed by atoms with van der Waals surface area (Å²) in [7, 11) is -3.68. The van der Waals surface area contributed by atoms with Crippen molar-refractivity contribution in [2.45, 2.75) is 37.9 Å². The Morgan fingerprint density at radius 1 is 1.11 bits per heavy atom. The highest BCUT2D eigenvalue weighted by Crippen LogP contribution is 2.22. The first-order valence-electron chi connectivity index (χ1n) is 9.00. The number of carbonyl (C=O) groups is 1. The number of halogens is 1. The van der Waals surface area contributed by atoms with Gasteiger partial charge in [-0.25, -0.2) is 12.8 Å². The van der Waals surface area contributed by atoms with Crippen LogP contribution in [-0.2, 0) is 14.8 Å². The molecule has 1 aliphatic heterocycles. The third-order valence-corrected chi connectivity index (χ3v) is 6.36. The van der Waals surface area contributed by atoms with E-state index < -0.39 is 21.7 Å². The second-order valence-corrected chi connectivity index (χ2v) is 8.98. The van der Waals surface area contributed by atoms with Crippen LogP contribution in [-0.4, -0.2) is 43.9 Å². The second kappa shape index (κ2) is 7.98. The van der Waals surface area contributed by atoms with Gasteiger partial charge in [0.2, 0.25) is 10.0 Å². The highest BCUT2D eigenvalue weighted by molar-refractivity contribution is 7.89. The average molecular weight is 406 g/mol. The smallest absolute Gasteiger partial charge is 0.255 e. The van der Waals surface area contributed by atoms with Gasteiger partial charge in [-0.2, -0.15) is 4.31 Å². The summed E-state index contributed by atoms with van der Waals surface area (Å²) in [5, 5.41) is 2.51. The summed E-state index contributed by atoms with van der Waals surface area (Å²) in [6, 6.07) is 10.0. The van der Waals surface area contributed by atoms with Crippen molar-refractivity contribution in [2.75, 3.05) is 18.4 Å². The molecule has 8 heteroatoms. The van der Waals surface area contributed by atoms with Crippen molar-refractivity contribution >= 4 is 21.6 Å². The van der Waals surface area contributed by atoms with E-state index in [4.69, 9.17) is 4.74 Å². The molecule has 1 N–H and O–H groups in total. The van der Waals surface area contributed by atoms with Crippen LogP contribution in [0.1, 0.15) is 29.8 Å². The Hall–Kier alpha value is -2.29. The van der Waals surface area contributed by atoms with Crippen molar-refractivity contribution in [3.8, 4) is 0 Å². The zero-order valence-corrected chi connectivity index (χ0v) is 16.8. The molecule has 3 rings (SSSR count). The minimum atomic E-state index is -3.68. The number of anilines is 1. The zero-order chi connectivity index (χ0) is 20.5. The minimum Gasteiger partial charge on any atom is -0.373 e. The summed E-state index contributed by atoms with van der Waals surface area (Å²) in [6.07, 6.45) is -0.374. The molecule has 150 valence electrons. The van der Waals surface area contributed by atoms with Crippen LogP contribution in [0.15, 0.2) is 47.4 Å². The van der Waals surface area contributed by atoms with Gasteiger partial charge in [-0.1, -0.05) is 6.07 Å². The van der Waals surface area contributed by atoms with Crippen molar-refractivity contribution in [3.05, 3.63) is 59.4 Å². The molecule has 6 nitrogen and oxygen atoms in total. The Morgan fingerprint density at radius 2 is 1.71 bits per heavy atom. The summed E-state index contributed by atoms with van der Waals surface area (Å²) >= 11 is 0. The van der Waals surface area contributed by atoms with E-state index in [0.29, 0.717) is 0 Å². The number of nitrogens with one attached hydrogen (secondary N) is 1. The van der Waals surface area contributed by atoms with Gasteiger partial charge < -0.3 is 10.1 Å². The number of hydrogen-bond acceptors (Lipinski definition) is 4. The molecule has 2 aromatic carbocycles. The fraction of sp³-hybridized carbons (Fsp3) is 0.350. The molecule has 1 aliphatic rings. The number of benzene rings is 2. The quantitative estimate of drug-likeness (QED) is 0.846. The molecule has 0 unspecified atom stereocenters. The topological polar surface area (TPSA) is 75.7 Å². The molecule has 0 aromatic heterocycles. The number of rotatable bonds is 4. The summed E-state index contributed by atoms with van der Waals surface area (Å²) in [5.41, 5.74) is 1.13. The Balaban J connectivity index is 1.77. The first-order valence-corrected chi connectivity index (χ1v) is 10.4. The number of aryl methyl sites for hydroxylation is 1. The van der Waals surface area contributed by atoms with Crippen molar-refractivity contribution < 1.29 is 22.3 Å². The maximum atomic E-state index is 13.8.